The van der Waals surface area contributed by atoms with Gasteiger partial charge in [0, 0.05) is 10.7 Å². The molecule has 1 aromatic carbocycles. The second-order valence-electron chi connectivity index (χ2n) is 3.16. The van der Waals surface area contributed by atoms with Gasteiger partial charge in [0.05, 0.1) is 10.5 Å². The van der Waals surface area contributed by atoms with Gasteiger partial charge in [0.1, 0.15) is 0 Å². The van der Waals surface area contributed by atoms with E-state index in [9.17, 15) is 13.2 Å². The van der Waals surface area contributed by atoms with Crippen molar-refractivity contribution in [1.82, 2.24) is 0 Å². The lowest BCUT2D eigenvalue weighted by atomic mass is 10.1. The Balaban J connectivity index is 3.59. The maximum Gasteiger partial charge on any atom is 0.335 e. The monoisotopic (exact) mass is 292 g/mol. The summed E-state index contributed by atoms with van der Waals surface area (Å²) in [7, 11) is -3.41. The molecule has 0 aliphatic rings. The van der Waals surface area contributed by atoms with E-state index in [4.69, 9.17) is 5.11 Å². The van der Waals surface area contributed by atoms with Gasteiger partial charge in [-0.25, -0.2) is 13.2 Å². The fourth-order valence-electron chi connectivity index (χ4n) is 1.16. The molecule has 0 amide bonds. The second-order valence-corrected chi connectivity index (χ2v) is 6.00. The summed E-state index contributed by atoms with van der Waals surface area (Å²) in [5.41, 5.74) is 0.468. The van der Waals surface area contributed by atoms with Crippen LogP contribution in [0.5, 0.6) is 0 Å². The fraction of sp³-hybridized carbons (Fsp3) is 0.222. The van der Waals surface area contributed by atoms with Gasteiger partial charge in [0.2, 0.25) is 0 Å². The third-order valence-electron chi connectivity index (χ3n) is 1.94. The van der Waals surface area contributed by atoms with Crippen LogP contribution in [-0.2, 0) is 9.84 Å². The van der Waals surface area contributed by atoms with Gasteiger partial charge in [-0.15, -0.1) is 0 Å². The fourth-order valence-corrected chi connectivity index (χ4v) is 2.76. The van der Waals surface area contributed by atoms with E-state index < -0.39 is 15.8 Å². The first-order valence-electron chi connectivity index (χ1n) is 3.97. The number of carbonyl (C=O) groups is 1. The van der Waals surface area contributed by atoms with Gasteiger partial charge in [0.15, 0.2) is 9.84 Å². The van der Waals surface area contributed by atoms with Crippen molar-refractivity contribution in [3.05, 3.63) is 27.7 Å². The van der Waals surface area contributed by atoms with Gasteiger partial charge < -0.3 is 5.11 Å². The standard InChI is InChI=1S/C9H9BrO4S/c1-5-7(10)3-6(9(11)12)4-8(5)15(2,13)14/h3-4H,1-2H3,(H,11,12). The predicted molar refractivity (Wildman–Crippen MR) is 58.9 cm³/mol. The molecule has 0 aromatic heterocycles. The molecule has 0 saturated carbocycles. The molecule has 6 heteroatoms. The second kappa shape index (κ2) is 3.94. The molecule has 1 N–H and O–H groups in total. The molecule has 0 aliphatic heterocycles. The van der Waals surface area contributed by atoms with Crippen molar-refractivity contribution in [3.63, 3.8) is 0 Å². The zero-order valence-electron chi connectivity index (χ0n) is 8.11. The van der Waals surface area contributed by atoms with Crippen molar-refractivity contribution in [2.75, 3.05) is 6.26 Å². The third kappa shape index (κ3) is 2.57. The van der Waals surface area contributed by atoms with Gasteiger partial charge in [-0.05, 0) is 24.6 Å². The molecule has 15 heavy (non-hydrogen) atoms. The Morgan fingerprint density at radius 1 is 1.40 bits per heavy atom. The molecule has 0 saturated heterocycles. The van der Waals surface area contributed by atoms with E-state index in [0.29, 0.717) is 10.0 Å². The Morgan fingerprint density at radius 2 is 1.93 bits per heavy atom. The maximum absolute atomic E-state index is 11.4. The van der Waals surface area contributed by atoms with Crippen LogP contribution in [0.2, 0.25) is 0 Å². The molecular weight excluding hydrogens is 284 g/mol. The number of rotatable bonds is 2. The number of carboxylic acids is 1. The van der Waals surface area contributed by atoms with Crippen LogP contribution in [-0.4, -0.2) is 25.7 Å². The average Bonchev–Trinajstić information content (AvgIpc) is 2.06. The zero-order chi connectivity index (χ0) is 11.8. The minimum atomic E-state index is -3.41. The van der Waals surface area contributed by atoms with Crippen molar-refractivity contribution in [2.24, 2.45) is 0 Å². The summed E-state index contributed by atoms with van der Waals surface area (Å²) in [6.45, 7) is 1.62. The van der Waals surface area contributed by atoms with Crippen molar-refractivity contribution >= 4 is 31.7 Å². The highest BCUT2D eigenvalue weighted by Gasteiger charge is 2.16. The topological polar surface area (TPSA) is 71.4 Å². The van der Waals surface area contributed by atoms with E-state index in [0.717, 1.165) is 12.3 Å². The molecule has 0 bridgehead atoms. The molecule has 1 rings (SSSR count). The lowest BCUT2D eigenvalue weighted by molar-refractivity contribution is 0.0696. The SMILES string of the molecule is Cc1c(Br)cc(C(=O)O)cc1S(C)(=O)=O. The van der Waals surface area contributed by atoms with Crippen LogP contribution < -0.4 is 0 Å². The summed E-state index contributed by atoms with van der Waals surface area (Å²) in [5, 5.41) is 8.77. The summed E-state index contributed by atoms with van der Waals surface area (Å²) >= 11 is 3.13. The molecule has 0 radical (unpaired) electrons. The Labute approximate surface area is 96.0 Å². The summed E-state index contributed by atoms with van der Waals surface area (Å²) in [5.74, 6) is -1.15. The zero-order valence-corrected chi connectivity index (χ0v) is 10.5. The molecule has 4 nitrogen and oxygen atoms in total. The van der Waals surface area contributed by atoms with Crippen LogP contribution in [0.3, 0.4) is 0 Å². The van der Waals surface area contributed by atoms with Crippen LogP contribution in [0, 0.1) is 6.92 Å². The molecule has 0 aliphatic carbocycles. The summed E-state index contributed by atoms with van der Waals surface area (Å²) in [6.07, 6.45) is 1.05. The van der Waals surface area contributed by atoms with Crippen molar-refractivity contribution < 1.29 is 18.3 Å². The van der Waals surface area contributed by atoms with E-state index in [1.807, 2.05) is 0 Å². The highest BCUT2D eigenvalue weighted by atomic mass is 79.9. The lowest BCUT2D eigenvalue weighted by Gasteiger charge is -2.07. The normalized spacial score (nSPS) is 11.4. The Morgan fingerprint density at radius 3 is 2.33 bits per heavy atom. The largest absolute Gasteiger partial charge is 0.478 e. The van der Waals surface area contributed by atoms with E-state index in [2.05, 4.69) is 15.9 Å². The Bertz CT molecular complexity index is 519. The number of aromatic carboxylic acids is 1. The lowest BCUT2D eigenvalue weighted by Crippen LogP contribution is -2.05. The molecular formula is C9H9BrO4S. The number of halogens is 1. The number of benzene rings is 1. The first-order chi connectivity index (χ1) is 6.73. The molecule has 0 atom stereocenters. The quantitative estimate of drug-likeness (QED) is 0.903. The highest BCUT2D eigenvalue weighted by molar-refractivity contribution is 9.10. The number of sulfone groups is 1. The Hall–Kier alpha value is -0.880. The highest BCUT2D eigenvalue weighted by Crippen LogP contribution is 2.25. The first kappa shape index (κ1) is 12.2. The first-order valence-corrected chi connectivity index (χ1v) is 6.65. The summed E-state index contributed by atoms with van der Waals surface area (Å²) in [6, 6.07) is 2.55. The summed E-state index contributed by atoms with van der Waals surface area (Å²) in [4.78, 5) is 10.8. The molecule has 0 fully saturated rings. The van der Waals surface area contributed by atoms with Crippen LogP contribution >= 0.6 is 15.9 Å². The average molecular weight is 293 g/mol. The van der Waals surface area contributed by atoms with Gasteiger partial charge >= 0.3 is 5.97 Å². The minimum Gasteiger partial charge on any atom is -0.478 e. The van der Waals surface area contributed by atoms with E-state index in [1.54, 1.807) is 6.92 Å². The van der Waals surface area contributed by atoms with Crippen molar-refractivity contribution in [3.8, 4) is 0 Å². The van der Waals surface area contributed by atoms with Crippen LogP contribution in [0.15, 0.2) is 21.5 Å². The molecule has 0 spiro atoms. The van der Waals surface area contributed by atoms with Crippen molar-refractivity contribution in [2.45, 2.75) is 11.8 Å². The van der Waals surface area contributed by atoms with Gasteiger partial charge in [-0.2, -0.15) is 0 Å². The molecule has 0 heterocycles. The van der Waals surface area contributed by atoms with Gasteiger partial charge in [0.25, 0.3) is 0 Å². The molecule has 1 aromatic rings. The smallest absolute Gasteiger partial charge is 0.335 e. The number of hydrogen-bond donors (Lipinski definition) is 1. The third-order valence-corrected chi connectivity index (χ3v) is 3.99. The van der Waals surface area contributed by atoms with E-state index in [-0.39, 0.29) is 10.5 Å². The van der Waals surface area contributed by atoms with E-state index in [1.165, 1.54) is 6.07 Å². The van der Waals surface area contributed by atoms with Gasteiger partial charge in [-0.1, -0.05) is 15.9 Å². The Kier molecular flexibility index (Phi) is 3.20. The number of carboxylic acid groups (broad SMARTS) is 1. The maximum atomic E-state index is 11.4. The molecule has 82 valence electrons. The minimum absolute atomic E-state index is 0.0364. The summed E-state index contributed by atoms with van der Waals surface area (Å²) < 4.78 is 23.2. The van der Waals surface area contributed by atoms with Crippen LogP contribution in [0.1, 0.15) is 15.9 Å². The predicted octanol–water partition coefficient (Wildman–Crippen LogP) is 1.86. The van der Waals surface area contributed by atoms with E-state index >= 15 is 0 Å². The van der Waals surface area contributed by atoms with Gasteiger partial charge in [-0.3, -0.25) is 0 Å². The number of hydrogen-bond acceptors (Lipinski definition) is 3. The van der Waals surface area contributed by atoms with Crippen LogP contribution in [0.4, 0.5) is 0 Å². The van der Waals surface area contributed by atoms with Crippen LogP contribution in [0.25, 0.3) is 0 Å². The molecule has 0 unspecified atom stereocenters. The van der Waals surface area contributed by atoms with Crippen molar-refractivity contribution in [1.29, 1.82) is 0 Å².